The van der Waals surface area contributed by atoms with Crippen molar-refractivity contribution in [3.05, 3.63) is 24.0 Å². The Morgan fingerprint density at radius 2 is 2.50 bits per heavy atom. The molecule has 1 saturated heterocycles. The van der Waals surface area contributed by atoms with Crippen LogP contribution in [0.4, 0.5) is 0 Å². The molecular weight excluding hydrogens is 152 g/mol. The van der Waals surface area contributed by atoms with Crippen molar-refractivity contribution in [2.24, 2.45) is 0 Å². The van der Waals surface area contributed by atoms with Crippen molar-refractivity contribution >= 4 is 0 Å². The summed E-state index contributed by atoms with van der Waals surface area (Å²) in [7, 11) is 1.98. The third-order valence-electron chi connectivity index (χ3n) is 2.44. The van der Waals surface area contributed by atoms with Gasteiger partial charge in [0.05, 0.1) is 18.6 Å². The van der Waals surface area contributed by atoms with E-state index in [1.54, 1.807) is 0 Å². The number of aromatic amines is 1. The molecular formula is C9H14N2O. The molecule has 1 aliphatic rings. The molecule has 1 fully saturated rings. The van der Waals surface area contributed by atoms with Crippen molar-refractivity contribution in [1.29, 1.82) is 0 Å². The molecule has 0 radical (unpaired) electrons. The number of rotatable bonds is 3. The van der Waals surface area contributed by atoms with Crippen molar-refractivity contribution < 1.29 is 4.74 Å². The number of hydrogen-bond donors (Lipinski definition) is 2. The van der Waals surface area contributed by atoms with Crippen LogP contribution in [0.3, 0.4) is 0 Å². The number of aromatic nitrogens is 1. The molecule has 0 bridgehead atoms. The minimum absolute atomic E-state index is 0.207. The molecule has 3 heteroatoms. The molecule has 2 heterocycles. The summed E-state index contributed by atoms with van der Waals surface area (Å²) in [5, 5.41) is 3.20. The molecule has 1 aromatic heterocycles. The highest BCUT2D eigenvalue weighted by molar-refractivity contribution is 5.21. The van der Waals surface area contributed by atoms with E-state index in [1.807, 2.05) is 19.3 Å². The maximum Gasteiger partial charge on any atom is 0.0694 e. The molecule has 0 atom stereocenters. The van der Waals surface area contributed by atoms with Crippen LogP contribution in [0, 0.1) is 0 Å². The fraction of sp³-hybridized carbons (Fsp3) is 0.556. The normalized spacial score (nSPS) is 20.4. The van der Waals surface area contributed by atoms with E-state index < -0.39 is 0 Å². The van der Waals surface area contributed by atoms with Gasteiger partial charge < -0.3 is 15.0 Å². The Balaban J connectivity index is 2.17. The summed E-state index contributed by atoms with van der Waals surface area (Å²) in [6.45, 7) is 2.64. The summed E-state index contributed by atoms with van der Waals surface area (Å²) >= 11 is 0. The minimum atomic E-state index is 0.207. The quantitative estimate of drug-likeness (QED) is 0.686. The van der Waals surface area contributed by atoms with E-state index in [4.69, 9.17) is 4.74 Å². The van der Waals surface area contributed by atoms with E-state index in [1.165, 1.54) is 5.69 Å². The number of ether oxygens (including phenoxy) is 1. The summed E-state index contributed by atoms with van der Waals surface area (Å²) < 4.78 is 5.25. The molecule has 66 valence electrons. The van der Waals surface area contributed by atoms with Gasteiger partial charge in [0.25, 0.3) is 0 Å². The van der Waals surface area contributed by atoms with Gasteiger partial charge in [0.1, 0.15) is 0 Å². The van der Waals surface area contributed by atoms with Crippen molar-refractivity contribution in [3.63, 3.8) is 0 Å². The van der Waals surface area contributed by atoms with Gasteiger partial charge in [0.15, 0.2) is 0 Å². The Morgan fingerprint density at radius 3 is 2.92 bits per heavy atom. The molecule has 12 heavy (non-hydrogen) atoms. The lowest BCUT2D eigenvalue weighted by Gasteiger charge is -2.40. The number of nitrogens with one attached hydrogen (secondary N) is 2. The molecule has 0 amide bonds. The Kier molecular flexibility index (Phi) is 1.90. The van der Waals surface area contributed by atoms with Crippen molar-refractivity contribution in [2.45, 2.75) is 5.41 Å². The summed E-state index contributed by atoms with van der Waals surface area (Å²) in [4.78, 5) is 3.24. The summed E-state index contributed by atoms with van der Waals surface area (Å²) in [5.41, 5.74) is 1.49. The molecule has 3 nitrogen and oxygen atoms in total. The molecule has 0 saturated carbocycles. The van der Waals surface area contributed by atoms with E-state index in [2.05, 4.69) is 16.4 Å². The van der Waals surface area contributed by atoms with Gasteiger partial charge in [-0.25, -0.2) is 0 Å². The van der Waals surface area contributed by atoms with Crippen molar-refractivity contribution in [2.75, 3.05) is 26.8 Å². The van der Waals surface area contributed by atoms with Gasteiger partial charge in [-0.15, -0.1) is 0 Å². The lowest BCUT2D eigenvalue weighted by Crippen LogP contribution is -2.53. The summed E-state index contributed by atoms with van der Waals surface area (Å²) in [5.74, 6) is 0. The van der Waals surface area contributed by atoms with Gasteiger partial charge in [-0.05, 0) is 19.2 Å². The van der Waals surface area contributed by atoms with Crippen LogP contribution in [0.15, 0.2) is 18.3 Å². The largest absolute Gasteiger partial charge is 0.379 e. The van der Waals surface area contributed by atoms with E-state index in [0.29, 0.717) is 0 Å². The molecule has 1 aliphatic heterocycles. The van der Waals surface area contributed by atoms with Crippen molar-refractivity contribution in [3.8, 4) is 0 Å². The monoisotopic (exact) mass is 166 g/mol. The highest BCUT2D eigenvalue weighted by Crippen LogP contribution is 2.30. The van der Waals surface area contributed by atoms with E-state index >= 15 is 0 Å². The van der Waals surface area contributed by atoms with E-state index in [9.17, 15) is 0 Å². The van der Waals surface area contributed by atoms with Crippen molar-refractivity contribution in [1.82, 2.24) is 10.3 Å². The lowest BCUT2D eigenvalue weighted by molar-refractivity contribution is -0.0601. The van der Waals surface area contributed by atoms with Crippen LogP contribution in [-0.2, 0) is 10.2 Å². The van der Waals surface area contributed by atoms with Crippen LogP contribution in [0.25, 0.3) is 0 Å². The summed E-state index contributed by atoms with van der Waals surface area (Å²) in [6, 6.07) is 4.16. The molecule has 2 rings (SSSR count). The zero-order chi connectivity index (χ0) is 8.44. The smallest absolute Gasteiger partial charge is 0.0694 e. The molecule has 0 aliphatic carbocycles. The van der Waals surface area contributed by atoms with Gasteiger partial charge in [-0.3, -0.25) is 0 Å². The SMILES string of the molecule is CNCC1(c2ccc[nH]2)COC1. The zero-order valence-corrected chi connectivity index (χ0v) is 7.26. The standard InChI is InChI=1S/C9H14N2O/c1-10-5-9(6-12-7-9)8-3-2-4-11-8/h2-4,10-11H,5-7H2,1H3. The fourth-order valence-electron chi connectivity index (χ4n) is 1.70. The van der Waals surface area contributed by atoms with Gasteiger partial charge in [-0.2, -0.15) is 0 Å². The molecule has 2 N–H and O–H groups in total. The highest BCUT2D eigenvalue weighted by atomic mass is 16.5. The molecule has 1 aromatic rings. The van der Waals surface area contributed by atoms with Gasteiger partial charge >= 0.3 is 0 Å². The number of H-pyrrole nitrogens is 1. The molecule has 0 unspecified atom stereocenters. The predicted molar refractivity (Wildman–Crippen MR) is 47.2 cm³/mol. The second-order valence-corrected chi connectivity index (χ2v) is 3.39. The first-order valence-corrected chi connectivity index (χ1v) is 4.24. The van der Waals surface area contributed by atoms with E-state index in [0.717, 1.165) is 19.8 Å². The number of hydrogen-bond acceptors (Lipinski definition) is 2. The van der Waals surface area contributed by atoms with Crippen LogP contribution >= 0.6 is 0 Å². The predicted octanol–water partition coefficient (Wildman–Crippen LogP) is 0.502. The topological polar surface area (TPSA) is 37.0 Å². The highest BCUT2D eigenvalue weighted by Gasteiger charge is 2.40. The Bertz CT molecular complexity index is 239. The Morgan fingerprint density at radius 1 is 1.67 bits per heavy atom. The third-order valence-corrected chi connectivity index (χ3v) is 2.44. The van der Waals surface area contributed by atoms with E-state index in [-0.39, 0.29) is 5.41 Å². The maximum atomic E-state index is 5.25. The zero-order valence-electron chi connectivity index (χ0n) is 7.26. The Hall–Kier alpha value is -0.800. The van der Waals surface area contributed by atoms with Gasteiger partial charge in [0, 0.05) is 18.4 Å². The first kappa shape index (κ1) is 7.83. The van der Waals surface area contributed by atoms with Gasteiger partial charge in [0.2, 0.25) is 0 Å². The fourth-order valence-corrected chi connectivity index (χ4v) is 1.70. The maximum absolute atomic E-state index is 5.25. The van der Waals surface area contributed by atoms with Gasteiger partial charge in [-0.1, -0.05) is 0 Å². The van der Waals surface area contributed by atoms with Crippen LogP contribution < -0.4 is 5.32 Å². The van der Waals surface area contributed by atoms with Crippen LogP contribution in [0.5, 0.6) is 0 Å². The molecule has 0 aromatic carbocycles. The number of likely N-dealkylation sites (N-methyl/N-ethyl adjacent to an activating group) is 1. The van der Waals surface area contributed by atoms with Crippen LogP contribution in [0.1, 0.15) is 5.69 Å². The van der Waals surface area contributed by atoms with Crippen LogP contribution in [-0.4, -0.2) is 31.8 Å². The Labute approximate surface area is 72.1 Å². The average Bonchev–Trinajstić information content (AvgIpc) is 2.48. The first-order chi connectivity index (χ1) is 5.87. The third kappa shape index (κ3) is 1.06. The van der Waals surface area contributed by atoms with Crippen LogP contribution in [0.2, 0.25) is 0 Å². The second-order valence-electron chi connectivity index (χ2n) is 3.39. The minimum Gasteiger partial charge on any atom is -0.379 e. The molecule has 0 spiro atoms. The lowest BCUT2D eigenvalue weighted by atomic mass is 9.82. The average molecular weight is 166 g/mol. The first-order valence-electron chi connectivity index (χ1n) is 4.24. The second kappa shape index (κ2) is 2.92. The summed E-state index contributed by atoms with van der Waals surface area (Å²) in [6.07, 6.45) is 1.96.